The van der Waals surface area contributed by atoms with Gasteiger partial charge < -0.3 is 0 Å². The van der Waals surface area contributed by atoms with E-state index in [-0.39, 0.29) is 0 Å². The van der Waals surface area contributed by atoms with Crippen LogP contribution in [-0.4, -0.2) is 9.97 Å². The lowest BCUT2D eigenvalue weighted by Gasteiger charge is -1.97. The zero-order chi connectivity index (χ0) is 11.2. The van der Waals surface area contributed by atoms with Crippen LogP contribution < -0.4 is 0 Å². The molecule has 0 bridgehead atoms. The van der Waals surface area contributed by atoms with Gasteiger partial charge in [-0.25, -0.2) is 4.98 Å². The van der Waals surface area contributed by atoms with Crippen LogP contribution in [0, 0.1) is 0 Å². The first-order valence-electron chi connectivity index (χ1n) is 5.44. The molecule has 17 heavy (non-hydrogen) atoms. The summed E-state index contributed by atoms with van der Waals surface area (Å²) in [5.41, 5.74) is 3.14. The molecule has 2 nitrogen and oxygen atoms in total. The standard InChI is InChI=1S/C14H8N2S/c1-2-4-10-9(3-1)13-11(16-10)5-6-12-14(13)15-7-8-17-12/h1-8H. The Bertz CT molecular complexity index is 842. The van der Waals surface area contributed by atoms with Gasteiger partial charge in [-0.2, -0.15) is 0 Å². The number of hydrogen-bond donors (Lipinski definition) is 0. The maximum atomic E-state index is 4.63. The highest BCUT2D eigenvalue weighted by Crippen LogP contribution is 2.31. The summed E-state index contributed by atoms with van der Waals surface area (Å²) in [5, 5.41) is 4.38. The van der Waals surface area contributed by atoms with Gasteiger partial charge in [0, 0.05) is 22.3 Å². The Labute approximate surface area is 102 Å². The van der Waals surface area contributed by atoms with E-state index in [9.17, 15) is 0 Å². The highest BCUT2D eigenvalue weighted by molar-refractivity contribution is 7.16. The summed E-state index contributed by atoms with van der Waals surface area (Å²) in [4.78, 5) is 9.13. The highest BCUT2D eigenvalue weighted by atomic mass is 32.1. The van der Waals surface area contributed by atoms with Crippen molar-refractivity contribution in [1.29, 1.82) is 0 Å². The van der Waals surface area contributed by atoms with E-state index >= 15 is 0 Å². The van der Waals surface area contributed by atoms with Crippen molar-refractivity contribution < 1.29 is 0 Å². The van der Waals surface area contributed by atoms with Crippen molar-refractivity contribution in [2.75, 3.05) is 0 Å². The van der Waals surface area contributed by atoms with Crippen molar-refractivity contribution in [2.45, 2.75) is 0 Å². The molecule has 3 heteroatoms. The number of aromatic nitrogens is 2. The molecule has 4 rings (SSSR count). The Morgan fingerprint density at radius 3 is 2.88 bits per heavy atom. The first-order chi connectivity index (χ1) is 8.43. The van der Waals surface area contributed by atoms with Gasteiger partial charge in [0.1, 0.15) is 0 Å². The van der Waals surface area contributed by atoms with Crippen molar-refractivity contribution in [2.24, 2.45) is 0 Å². The van der Waals surface area contributed by atoms with E-state index in [2.05, 4.69) is 34.2 Å². The van der Waals surface area contributed by atoms with Gasteiger partial charge in [-0.15, -0.1) is 11.3 Å². The fourth-order valence-corrected chi connectivity index (χ4v) is 2.95. The second-order valence-corrected chi connectivity index (χ2v) is 4.92. The molecule has 0 amide bonds. The second kappa shape index (κ2) is 3.25. The lowest BCUT2D eigenvalue weighted by molar-refractivity contribution is 1.46. The summed E-state index contributed by atoms with van der Waals surface area (Å²) in [6, 6.07) is 12.4. The van der Waals surface area contributed by atoms with Crippen molar-refractivity contribution in [3.8, 4) is 0 Å². The third kappa shape index (κ3) is 1.20. The molecular weight excluding hydrogens is 228 g/mol. The molecule has 80 valence electrons. The monoisotopic (exact) mass is 236 g/mol. The van der Waals surface area contributed by atoms with E-state index < -0.39 is 0 Å². The van der Waals surface area contributed by atoms with Crippen molar-refractivity contribution in [3.63, 3.8) is 0 Å². The minimum Gasteiger partial charge on any atom is -0.254 e. The molecule has 0 aliphatic carbocycles. The molecule has 0 atom stereocenters. The molecule has 0 saturated carbocycles. The van der Waals surface area contributed by atoms with Crippen LogP contribution in [0.3, 0.4) is 0 Å². The van der Waals surface area contributed by atoms with Crippen molar-refractivity contribution in [3.05, 3.63) is 48.0 Å². The van der Waals surface area contributed by atoms with Gasteiger partial charge in [0.25, 0.3) is 0 Å². The van der Waals surface area contributed by atoms with Gasteiger partial charge >= 0.3 is 0 Å². The van der Waals surface area contributed by atoms with Crippen LogP contribution in [0.15, 0.2) is 48.0 Å². The van der Waals surface area contributed by atoms with Gasteiger partial charge in [0.15, 0.2) is 0 Å². The molecule has 0 aliphatic rings. The van der Waals surface area contributed by atoms with E-state index in [0.29, 0.717) is 0 Å². The first kappa shape index (κ1) is 9.07. The molecular formula is C14H8N2S. The minimum absolute atomic E-state index is 1.03. The normalized spacial score (nSPS) is 11.5. The summed E-state index contributed by atoms with van der Waals surface area (Å²) in [6.07, 6.45) is 1.86. The molecule has 0 radical (unpaired) electrons. The molecule has 2 aromatic heterocycles. The summed E-state index contributed by atoms with van der Waals surface area (Å²) in [5.74, 6) is 0. The number of rotatable bonds is 0. The van der Waals surface area contributed by atoms with Crippen molar-refractivity contribution in [1.82, 2.24) is 9.97 Å². The third-order valence-corrected chi connectivity index (χ3v) is 3.83. The number of benzene rings is 2. The molecule has 0 aliphatic heterocycles. The Balaban J connectivity index is 2.38. The maximum absolute atomic E-state index is 4.63. The molecule has 0 fully saturated rings. The summed E-state index contributed by atoms with van der Waals surface area (Å²) in [7, 11) is 0. The smallest absolute Gasteiger partial charge is 0.0902 e. The van der Waals surface area contributed by atoms with Gasteiger partial charge in [0.05, 0.1) is 21.3 Å². The van der Waals surface area contributed by atoms with Crippen LogP contribution >= 0.6 is 11.3 Å². The Kier molecular flexibility index (Phi) is 1.73. The van der Waals surface area contributed by atoms with E-state index in [4.69, 9.17) is 0 Å². The van der Waals surface area contributed by atoms with Crippen LogP contribution in [0.1, 0.15) is 0 Å². The van der Waals surface area contributed by atoms with Crippen LogP contribution in [0.2, 0.25) is 0 Å². The van der Waals surface area contributed by atoms with Gasteiger partial charge in [-0.3, -0.25) is 4.98 Å². The molecule has 0 saturated heterocycles. The minimum atomic E-state index is 1.03. The first-order valence-corrected chi connectivity index (χ1v) is 6.32. The topological polar surface area (TPSA) is 25.8 Å². The zero-order valence-electron chi connectivity index (χ0n) is 8.92. The lowest BCUT2D eigenvalue weighted by atomic mass is 10.1. The summed E-state index contributed by atoms with van der Waals surface area (Å²) >= 11 is 1.71. The Morgan fingerprint density at radius 2 is 1.88 bits per heavy atom. The third-order valence-electron chi connectivity index (χ3n) is 2.99. The predicted octanol–water partition coefficient (Wildman–Crippen LogP) is 4.00. The number of hydrogen-bond acceptors (Lipinski definition) is 3. The van der Waals surface area contributed by atoms with E-state index in [1.54, 1.807) is 11.3 Å². The molecule has 4 aromatic rings. The molecule has 0 N–H and O–H groups in total. The largest absolute Gasteiger partial charge is 0.254 e. The van der Waals surface area contributed by atoms with E-state index in [0.717, 1.165) is 16.6 Å². The highest BCUT2D eigenvalue weighted by Gasteiger charge is 2.09. The Hall–Kier alpha value is -2.00. The van der Waals surface area contributed by atoms with Crippen LogP contribution in [0.25, 0.3) is 32.0 Å². The van der Waals surface area contributed by atoms with E-state index in [1.807, 2.05) is 23.7 Å². The lowest BCUT2D eigenvalue weighted by Crippen LogP contribution is -1.76. The quantitative estimate of drug-likeness (QED) is 0.461. The zero-order valence-corrected chi connectivity index (χ0v) is 9.74. The summed E-state index contributed by atoms with van der Waals surface area (Å²) in [6.45, 7) is 0. The SMILES string of the molecule is c1ccc2c(c1)nc1ccc3sccnc3c12. The average molecular weight is 236 g/mol. The fraction of sp³-hybridized carbons (Fsp3) is 0. The molecule has 2 aromatic carbocycles. The number of nitrogens with zero attached hydrogens (tertiary/aromatic N) is 2. The second-order valence-electron chi connectivity index (χ2n) is 3.97. The Morgan fingerprint density at radius 1 is 0.941 bits per heavy atom. The predicted molar refractivity (Wildman–Crippen MR) is 72.4 cm³/mol. The summed E-state index contributed by atoms with van der Waals surface area (Å²) < 4.78 is 1.21. The van der Waals surface area contributed by atoms with E-state index in [1.165, 1.54) is 15.5 Å². The van der Waals surface area contributed by atoms with Crippen LogP contribution in [-0.2, 0) is 0 Å². The van der Waals surface area contributed by atoms with Gasteiger partial charge in [0.2, 0.25) is 0 Å². The molecule has 2 heterocycles. The van der Waals surface area contributed by atoms with Gasteiger partial charge in [-0.1, -0.05) is 18.2 Å². The van der Waals surface area contributed by atoms with Crippen molar-refractivity contribution >= 4 is 43.4 Å². The number of fused-ring (bicyclic) bond motifs is 5. The van der Waals surface area contributed by atoms with Gasteiger partial charge in [-0.05, 0) is 18.2 Å². The maximum Gasteiger partial charge on any atom is 0.0902 e. The molecule has 0 spiro atoms. The fourth-order valence-electron chi connectivity index (χ4n) is 2.26. The van der Waals surface area contributed by atoms with Crippen LogP contribution in [0.4, 0.5) is 0 Å². The number of para-hydroxylation sites is 1. The average Bonchev–Trinajstić information content (AvgIpc) is 2.77. The van der Waals surface area contributed by atoms with Crippen LogP contribution in [0.5, 0.6) is 0 Å². The molecule has 0 unspecified atom stereocenters.